The summed E-state index contributed by atoms with van der Waals surface area (Å²) in [4.78, 5) is 0.0354. The van der Waals surface area contributed by atoms with E-state index in [0.717, 1.165) is 12.8 Å². The second-order valence-corrected chi connectivity index (χ2v) is 7.19. The molecule has 1 heterocycles. The molecule has 1 aliphatic heterocycles. The Morgan fingerprint density at radius 1 is 1.12 bits per heavy atom. The summed E-state index contributed by atoms with van der Waals surface area (Å²) in [6.07, 6.45) is 2.20. The highest BCUT2D eigenvalue weighted by atomic mass is 35.7. The van der Waals surface area contributed by atoms with Crippen LogP contribution in [-0.4, -0.2) is 21.6 Å². The molecule has 1 aliphatic carbocycles. The maximum absolute atomic E-state index is 11.2. The van der Waals surface area contributed by atoms with Gasteiger partial charge in [0.1, 0.15) is 0 Å². The Morgan fingerprint density at radius 3 is 2.35 bits per heavy atom. The van der Waals surface area contributed by atoms with Crippen LogP contribution in [0, 0.1) is 5.41 Å². The Kier molecular flexibility index (Phi) is 2.32. The zero-order valence-corrected chi connectivity index (χ0v) is 10.6. The maximum atomic E-state index is 11.2. The highest BCUT2D eigenvalue weighted by Gasteiger charge is 2.46. The smallest absolute Gasteiger partial charge is 0.261 e. The lowest BCUT2D eigenvalue weighted by atomic mass is 10.1. The lowest BCUT2D eigenvalue weighted by Gasteiger charge is -2.08. The summed E-state index contributed by atoms with van der Waals surface area (Å²) in [5, 5.41) is 0. The van der Waals surface area contributed by atoms with Gasteiger partial charge < -0.3 is 9.47 Å². The van der Waals surface area contributed by atoms with Gasteiger partial charge in [-0.1, -0.05) is 0 Å². The molecule has 0 radical (unpaired) electrons. The number of ether oxygens (including phenoxy) is 2. The first-order valence-corrected chi connectivity index (χ1v) is 7.64. The van der Waals surface area contributed by atoms with E-state index in [1.165, 1.54) is 12.1 Å². The minimum atomic E-state index is -3.72. The van der Waals surface area contributed by atoms with Crippen molar-refractivity contribution in [1.29, 1.82) is 0 Å². The van der Waals surface area contributed by atoms with Gasteiger partial charge in [0, 0.05) is 22.2 Å². The van der Waals surface area contributed by atoms with E-state index in [1.807, 2.05) is 0 Å². The van der Waals surface area contributed by atoms with Crippen molar-refractivity contribution in [3.8, 4) is 11.5 Å². The largest absolute Gasteiger partial charge is 0.489 e. The van der Waals surface area contributed by atoms with Crippen LogP contribution in [0.4, 0.5) is 0 Å². The van der Waals surface area contributed by atoms with Crippen LogP contribution < -0.4 is 9.47 Å². The fourth-order valence-electron chi connectivity index (χ4n) is 1.84. The van der Waals surface area contributed by atoms with Crippen molar-refractivity contribution in [3.63, 3.8) is 0 Å². The molecule has 0 N–H and O–H groups in total. The van der Waals surface area contributed by atoms with E-state index < -0.39 is 9.05 Å². The summed E-state index contributed by atoms with van der Waals surface area (Å²) >= 11 is 0. The molecule has 92 valence electrons. The first-order valence-electron chi connectivity index (χ1n) is 5.33. The molecule has 1 fully saturated rings. The first-order chi connectivity index (χ1) is 7.99. The first kappa shape index (κ1) is 11.2. The van der Waals surface area contributed by atoms with Crippen molar-refractivity contribution in [1.82, 2.24) is 0 Å². The highest BCUT2D eigenvalue weighted by Crippen LogP contribution is 2.49. The summed E-state index contributed by atoms with van der Waals surface area (Å²) in [5.41, 5.74) is 0.138. The van der Waals surface area contributed by atoms with Gasteiger partial charge in [-0.2, -0.15) is 0 Å². The molecular formula is C11H11ClO4S. The van der Waals surface area contributed by atoms with Crippen molar-refractivity contribution in [2.24, 2.45) is 5.41 Å². The van der Waals surface area contributed by atoms with Gasteiger partial charge in [0.15, 0.2) is 11.5 Å². The predicted octanol–water partition coefficient (Wildman–Crippen LogP) is 2.17. The molecule has 1 aromatic carbocycles. The van der Waals surface area contributed by atoms with Crippen LogP contribution in [0.25, 0.3) is 0 Å². The lowest BCUT2D eigenvalue weighted by Crippen LogP contribution is -2.17. The number of fused-ring (bicyclic) bond motifs is 1. The SMILES string of the molecule is O=S(=O)(Cl)c1ccc2c(c1)OCC1(CC1)CO2. The van der Waals surface area contributed by atoms with Gasteiger partial charge in [-0.05, 0) is 25.0 Å². The normalized spacial score (nSPS) is 21.0. The van der Waals surface area contributed by atoms with E-state index in [9.17, 15) is 8.42 Å². The predicted molar refractivity (Wildman–Crippen MR) is 62.1 cm³/mol. The van der Waals surface area contributed by atoms with Crippen molar-refractivity contribution in [2.45, 2.75) is 17.7 Å². The fraction of sp³-hybridized carbons (Fsp3) is 0.455. The van der Waals surface area contributed by atoms with Gasteiger partial charge >= 0.3 is 0 Å². The van der Waals surface area contributed by atoms with Gasteiger partial charge in [0.25, 0.3) is 9.05 Å². The maximum Gasteiger partial charge on any atom is 0.261 e. The molecule has 0 atom stereocenters. The van der Waals surface area contributed by atoms with Crippen LogP contribution in [0.2, 0.25) is 0 Å². The molecular weight excluding hydrogens is 264 g/mol. The van der Waals surface area contributed by atoms with Crippen molar-refractivity contribution >= 4 is 19.7 Å². The van der Waals surface area contributed by atoms with Crippen LogP contribution in [0.1, 0.15) is 12.8 Å². The molecule has 0 unspecified atom stereocenters. The molecule has 1 saturated carbocycles. The monoisotopic (exact) mass is 274 g/mol. The van der Waals surface area contributed by atoms with Gasteiger partial charge in [-0.15, -0.1) is 0 Å². The molecule has 6 heteroatoms. The molecule has 0 saturated heterocycles. The minimum Gasteiger partial charge on any atom is -0.489 e. The number of rotatable bonds is 1. The topological polar surface area (TPSA) is 52.6 Å². The molecule has 17 heavy (non-hydrogen) atoms. The highest BCUT2D eigenvalue weighted by molar-refractivity contribution is 8.13. The van der Waals surface area contributed by atoms with Crippen LogP contribution in [-0.2, 0) is 9.05 Å². The van der Waals surface area contributed by atoms with Crippen LogP contribution in [0.3, 0.4) is 0 Å². The molecule has 1 spiro atoms. The summed E-state index contributed by atoms with van der Waals surface area (Å²) in [5.74, 6) is 1.04. The summed E-state index contributed by atoms with van der Waals surface area (Å²) in [7, 11) is 1.56. The number of benzene rings is 1. The van der Waals surface area contributed by atoms with E-state index in [0.29, 0.717) is 24.7 Å². The average Bonchev–Trinajstić information content (AvgIpc) is 3.06. The molecule has 0 bridgehead atoms. The Bertz CT molecular complexity index is 563. The lowest BCUT2D eigenvalue weighted by molar-refractivity contribution is 0.197. The van der Waals surface area contributed by atoms with E-state index in [1.54, 1.807) is 6.07 Å². The summed E-state index contributed by atoms with van der Waals surface area (Å²) in [6.45, 7) is 1.21. The molecule has 1 aromatic rings. The fourth-order valence-corrected chi connectivity index (χ4v) is 2.61. The Balaban J connectivity index is 1.96. The third kappa shape index (κ3) is 2.09. The number of hydrogen-bond donors (Lipinski definition) is 0. The second kappa shape index (κ2) is 3.53. The van der Waals surface area contributed by atoms with Gasteiger partial charge in [-0.3, -0.25) is 0 Å². The van der Waals surface area contributed by atoms with Crippen LogP contribution in [0.5, 0.6) is 11.5 Å². The van der Waals surface area contributed by atoms with Crippen LogP contribution >= 0.6 is 10.7 Å². The molecule has 0 aromatic heterocycles. The van der Waals surface area contributed by atoms with Gasteiger partial charge in [0.05, 0.1) is 18.1 Å². The zero-order chi connectivity index (χ0) is 12.1. The zero-order valence-electron chi connectivity index (χ0n) is 8.98. The quantitative estimate of drug-likeness (QED) is 0.737. The average molecular weight is 275 g/mol. The number of hydrogen-bond acceptors (Lipinski definition) is 4. The molecule has 2 aliphatic rings. The van der Waals surface area contributed by atoms with E-state index in [2.05, 4.69) is 0 Å². The van der Waals surface area contributed by atoms with E-state index >= 15 is 0 Å². The van der Waals surface area contributed by atoms with Gasteiger partial charge in [0.2, 0.25) is 0 Å². The summed E-state index contributed by atoms with van der Waals surface area (Å²) < 4.78 is 33.7. The van der Waals surface area contributed by atoms with Crippen molar-refractivity contribution in [3.05, 3.63) is 18.2 Å². The number of halogens is 1. The molecule has 3 rings (SSSR count). The molecule has 4 nitrogen and oxygen atoms in total. The third-order valence-corrected chi connectivity index (χ3v) is 4.57. The molecule has 0 amide bonds. The summed E-state index contributed by atoms with van der Waals surface area (Å²) in [6, 6.07) is 4.43. The Labute approximate surface area is 104 Å². The standard InChI is InChI=1S/C11H11ClO4S/c12-17(13,14)8-1-2-9-10(5-8)16-7-11(3-4-11)6-15-9/h1-2,5H,3-4,6-7H2. The minimum absolute atomic E-state index is 0.0354. The van der Waals surface area contributed by atoms with Gasteiger partial charge in [-0.25, -0.2) is 8.42 Å². The van der Waals surface area contributed by atoms with Crippen molar-refractivity contribution in [2.75, 3.05) is 13.2 Å². The Hall–Kier alpha value is -0.940. The van der Waals surface area contributed by atoms with Crippen molar-refractivity contribution < 1.29 is 17.9 Å². The Morgan fingerprint density at radius 2 is 1.76 bits per heavy atom. The van der Waals surface area contributed by atoms with Crippen LogP contribution in [0.15, 0.2) is 23.1 Å². The van der Waals surface area contributed by atoms with E-state index in [4.69, 9.17) is 20.2 Å². The van der Waals surface area contributed by atoms with E-state index in [-0.39, 0.29) is 10.3 Å². The third-order valence-electron chi connectivity index (χ3n) is 3.22. The second-order valence-electron chi connectivity index (χ2n) is 4.62.